The fraction of sp³-hybridized carbons (Fsp3) is 0.394. The minimum absolute atomic E-state index is 0.0329. The first kappa shape index (κ1) is 28.7. The van der Waals surface area contributed by atoms with Crippen molar-refractivity contribution in [3.63, 3.8) is 0 Å². The standard InChI is InChI=1S/C33H33F3N6O2/c1-19(37-17-32(44)10-5-11-32)21-12-25-26(27(13-21)33(34,35)36)16-42(31(25)43)29-15-22(14-28(39-29)20-8-9-20)23-6-3-4-7-24(23)30-40-38-18-41(30)2/h3-4,6-7,12-15,18-20,37,44H,5,8-11,16-17H2,1-2H3/t19-/m1/s1. The summed E-state index contributed by atoms with van der Waals surface area (Å²) in [5.41, 5.74) is 2.03. The Morgan fingerprint density at radius 2 is 1.84 bits per heavy atom. The summed E-state index contributed by atoms with van der Waals surface area (Å²) in [4.78, 5) is 20.1. The molecule has 2 saturated carbocycles. The highest BCUT2D eigenvalue weighted by atomic mass is 19.4. The predicted octanol–water partition coefficient (Wildman–Crippen LogP) is 6.17. The van der Waals surface area contributed by atoms with Crippen LogP contribution in [0.5, 0.6) is 0 Å². The second kappa shape index (κ2) is 10.5. The van der Waals surface area contributed by atoms with E-state index in [1.807, 2.05) is 41.9 Å². The van der Waals surface area contributed by atoms with Gasteiger partial charge in [0.15, 0.2) is 5.82 Å². The Morgan fingerprint density at radius 3 is 2.48 bits per heavy atom. The van der Waals surface area contributed by atoms with E-state index < -0.39 is 29.3 Å². The summed E-state index contributed by atoms with van der Waals surface area (Å²) in [7, 11) is 1.86. The normalized spacial score (nSPS) is 18.3. The highest BCUT2D eigenvalue weighted by Gasteiger charge is 2.42. The number of nitrogens with zero attached hydrogens (tertiary/aromatic N) is 5. The van der Waals surface area contributed by atoms with Gasteiger partial charge in [-0.25, -0.2) is 4.98 Å². The molecular formula is C33H33F3N6O2. The van der Waals surface area contributed by atoms with Crippen molar-refractivity contribution in [2.45, 2.75) is 69.3 Å². The van der Waals surface area contributed by atoms with Gasteiger partial charge in [-0.2, -0.15) is 13.2 Å². The topological polar surface area (TPSA) is 96.2 Å². The van der Waals surface area contributed by atoms with Crippen LogP contribution in [0.15, 0.2) is 54.9 Å². The summed E-state index contributed by atoms with van der Waals surface area (Å²) in [6.07, 6.45) is 1.17. The minimum atomic E-state index is -4.65. The average Bonchev–Trinajstić information content (AvgIpc) is 3.68. The number of hydrogen-bond acceptors (Lipinski definition) is 6. The largest absolute Gasteiger partial charge is 0.416 e. The van der Waals surface area contributed by atoms with E-state index in [4.69, 9.17) is 4.98 Å². The summed E-state index contributed by atoms with van der Waals surface area (Å²) in [6, 6.07) is 13.7. The molecule has 2 aromatic carbocycles. The first-order valence-corrected chi connectivity index (χ1v) is 15.0. The molecule has 2 aliphatic carbocycles. The summed E-state index contributed by atoms with van der Waals surface area (Å²) < 4.78 is 45.1. The van der Waals surface area contributed by atoms with Crippen LogP contribution in [0.3, 0.4) is 0 Å². The van der Waals surface area contributed by atoms with E-state index in [0.717, 1.165) is 47.7 Å². The Bertz CT molecular complexity index is 1760. The second-order valence-corrected chi connectivity index (χ2v) is 12.4. The van der Waals surface area contributed by atoms with E-state index >= 15 is 0 Å². The Labute approximate surface area is 253 Å². The lowest BCUT2D eigenvalue weighted by molar-refractivity contribution is -0.138. The van der Waals surface area contributed by atoms with Gasteiger partial charge in [0.25, 0.3) is 5.91 Å². The van der Waals surface area contributed by atoms with Gasteiger partial charge in [-0.05, 0) is 85.5 Å². The summed E-state index contributed by atoms with van der Waals surface area (Å²) in [6.45, 7) is 1.81. The van der Waals surface area contributed by atoms with Crippen LogP contribution in [0.4, 0.5) is 19.0 Å². The number of hydrogen-bond donors (Lipinski definition) is 2. The number of aliphatic hydroxyl groups is 1. The smallest absolute Gasteiger partial charge is 0.389 e. The highest BCUT2D eigenvalue weighted by Crippen LogP contribution is 2.44. The van der Waals surface area contributed by atoms with Crippen LogP contribution in [0.25, 0.3) is 22.5 Å². The van der Waals surface area contributed by atoms with E-state index in [2.05, 4.69) is 15.5 Å². The molecule has 4 aromatic rings. The van der Waals surface area contributed by atoms with E-state index in [1.54, 1.807) is 25.4 Å². The van der Waals surface area contributed by atoms with E-state index in [9.17, 15) is 23.1 Å². The summed E-state index contributed by atoms with van der Waals surface area (Å²) in [5, 5.41) is 22.0. The molecule has 7 rings (SSSR count). The zero-order valence-corrected chi connectivity index (χ0v) is 24.5. The van der Waals surface area contributed by atoms with Crippen molar-refractivity contribution in [1.82, 2.24) is 25.1 Å². The van der Waals surface area contributed by atoms with Crippen LogP contribution < -0.4 is 10.2 Å². The second-order valence-electron chi connectivity index (χ2n) is 12.4. The molecule has 228 valence electrons. The average molecular weight is 603 g/mol. The zero-order chi connectivity index (χ0) is 30.8. The Morgan fingerprint density at radius 1 is 1.09 bits per heavy atom. The number of halogens is 3. The van der Waals surface area contributed by atoms with Crippen LogP contribution in [-0.4, -0.2) is 42.9 Å². The van der Waals surface area contributed by atoms with Crippen LogP contribution in [-0.2, 0) is 19.8 Å². The van der Waals surface area contributed by atoms with Gasteiger partial charge in [0.2, 0.25) is 0 Å². The number of alkyl halides is 3. The maximum absolute atomic E-state index is 14.4. The number of nitrogens with one attached hydrogen (secondary N) is 1. The van der Waals surface area contributed by atoms with Crippen molar-refractivity contribution in [1.29, 1.82) is 0 Å². The number of carbonyl (C=O) groups excluding carboxylic acids is 1. The lowest BCUT2D eigenvalue weighted by atomic mass is 9.80. The van der Waals surface area contributed by atoms with Crippen LogP contribution >= 0.6 is 0 Å². The number of carbonyl (C=O) groups is 1. The van der Waals surface area contributed by atoms with Gasteiger partial charge in [0, 0.05) is 42.4 Å². The quantitative estimate of drug-likeness (QED) is 0.251. The van der Waals surface area contributed by atoms with Gasteiger partial charge in [-0.1, -0.05) is 24.3 Å². The molecule has 0 radical (unpaired) electrons. The Hall–Kier alpha value is -4.09. The van der Waals surface area contributed by atoms with Gasteiger partial charge in [-0.15, -0.1) is 10.2 Å². The number of aryl methyl sites for hydroxylation is 1. The molecular weight excluding hydrogens is 569 g/mol. The van der Waals surface area contributed by atoms with Crippen molar-refractivity contribution in [3.05, 3.63) is 82.8 Å². The maximum Gasteiger partial charge on any atom is 0.416 e. The van der Waals surface area contributed by atoms with Crippen molar-refractivity contribution < 1.29 is 23.1 Å². The zero-order valence-electron chi connectivity index (χ0n) is 24.5. The van der Waals surface area contributed by atoms with Crippen LogP contribution in [0.2, 0.25) is 0 Å². The lowest BCUT2D eigenvalue weighted by Crippen LogP contribution is -2.46. The van der Waals surface area contributed by atoms with E-state index in [0.29, 0.717) is 30.0 Å². The molecule has 3 aliphatic rings. The monoisotopic (exact) mass is 602 g/mol. The third-order valence-electron chi connectivity index (χ3n) is 9.19. The first-order chi connectivity index (χ1) is 21.0. The molecule has 1 aliphatic heterocycles. The fourth-order valence-corrected chi connectivity index (χ4v) is 6.22. The molecule has 0 bridgehead atoms. The third-order valence-corrected chi connectivity index (χ3v) is 9.19. The minimum Gasteiger partial charge on any atom is -0.389 e. The van der Waals surface area contributed by atoms with Crippen LogP contribution in [0.1, 0.15) is 83.7 Å². The van der Waals surface area contributed by atoms with Crippen molar-refractivity contribution in [3.8, 4) is 22.5 Å². The molecule has 8 nitrogen and oxygen atoms in total. The number of fused-ring (bicyclic) bond motifs is 1. The number of aromatic nitrogens is 4. The van der Waals surface area contributed by atoms with Crippen molar-refractivity contribution in [2.24, 2.45) is 7.05 Å². The molecule has 0 saturated heterocycles. The lowest BCUT2D eigenvalue weighted by Gasteiger charge is -2.37. The van der Waals surface area contributed by atoms with Gasteiger partial charge >= 0.3 is 6.18 Å². The first-order valence-electron chi connectivity index (χ1n) is 15.0. The molecule has 2 N–H and O–H groups in total. The number of amides is 1. The molecule has 0 spiro atoms. The van der Waals surface area contributed by atoms with Crippen LogP contribution in [0, 0.1) is 0 Å². The molecule has 0 unspecified atom stereocenters. The fourth-order valence-electron chi connectivity index (χ4n) is 6.22. The van der Waals surface area contributed by atoms with Gasteiger partial charge < -0.3 is 15.0 Å². The number of rotatable bonds is 8. The summed E-state index contributed by atoms with van der Waals surface area (Å²) in [5.74, 6) is 0.730. The molecule has 1 atom stereocenters. The number of benzene rings is 2. The molecule has 44 heavy (non-hydrogen) atoms. The van der Waals surface area contributed by atoms with E-state index in [-0.39, 0.29) is 30.1 Å². The Kier molecular flexibility index (Phi) is 6.85. The Balaban J connectivity index is 1.27. The molecule has 11 heteroatoms. The SMILES string of the molecule is C[C@@H](NCC1(O)CCC1)c1cc2c(c(C(F)(F)F)c1)CN(c1cc(-c3ccccc3-c3nncn3C)cc(C3CC3)n1)C2=O. The van der Waals surface area contributed by atoms with Gasteiger partial charge in [0.05, 0.1) is 17.7 Å². The van der Waals surface area contributed by atoms with Crippen molar-refractivity contribution in [2.75, 3.05) is 11.4 Å². The van der Waals surface area contributed by atoms with Crippen molar-refractivity contribution >= 4 is 11.7 Å². The molecule has 3 heterocycles. The summed E-state index contributed by atoms with van der Waals surface area (Å²) >= 11 is 0. The highest BCUT2D eigenvalue weighted by molar-refractivity contribution is 6.10. The third kappa shape index (κ3) is 5.17. The number of pyridine rings is 1. The molecule has 1 amide bonds. The predicted molar refractivity (Wildman–Crippen MR) is 159 cm³/mol. The number of anilines is 1. The maximum atomic E-state index is 14.4. The van der Waals surface area contributed by atoms with Gasteiger partial charge in [-0.3, -0.25) is 9.69 Å². The molecule has 2 aromatic heterocycles. The van der Waals surface area contributed by atoms with Gasteiger partial charge in [0.1, 0.15) is 12.1 Å². The van der Waals surface area contributed by atoms with E-state index in [1.165, 1.54) is 4.90 Å². The molecule has 2 fully saturated rings.